The summed E-state index contributed by atoms with van der Waals surface area (Å²) in [6.07, 6.45) is 0. The van der Waals surface area contributed by atoms with Crippen molar-refractivity contribution in [3.63, 3.8) is 0 Å². The average Bonchev–Trinajstić information content (AvgIpc) is 2.85. The van der Waals surface area contributed by atoms with Crippen LogP contribution in [0.25, 0.3) is 21.9 Å². The number of fused-ring (bicyclic) bond motifs is 1. The molecule has 1 aromatic heterocycles. The Balaban J connectivity index is 1.94. The summed E-state index contributed by atoms with van der Waals surface area (Å²) in [5, 5.41) is 4.17. The first-order valence-corrected chi connectivity index (χ1v) is 10.7. The minimum Gasteiger partial charge on any atom is -0.493 e. The number of nitrogens with one attached hydrogen (secondary N) is 1. The number of carbonyl (C=O) groups is 1. The molecule has 3 aromatic carbocycles. The van der Waals surface area contributed by atoms with Gasteiger partial charge in [0.05, 0.1) is 21.3 Å². The van der Waals surface area contributed by atoms with Gasteiger partial charge in [0.25, 0.3) is 11.5 Å². The molecule has 0 saturated carbocycles. The average molecular weight is 459 g/mol. The van der Waals surface area contributed by atoms with Crippen LogP contribution in [0.3, 0.4) is 0 Å². The quantitative estimate of drug-likeness (QED) is 0.449. The van der Waals surface area contributed by atoms with Crippen LogP contribution in [-0.2, 0) is 7.05 Å². The number of rotatable bonds is 6. The first-order chi connectivity index (χ1) is 16.4. The van der Waals surface area contributed by atoms with E-state index in [0.29, 0.717) is 33.9 Å². The van der Waals surface area contributed by atoms with E-state index in [0.717, 1.165) is 16.5 Å². The van der Waals surface area contributed by atoms with Crippen molar-refractivity contribution in [1.29, 1.82) is 0 Å². The van der Waals surface area contributed by atoms with Gasteiger partial charge in [0.15, 0.2) is 11.5 Å². The molecule has 1 heterocycles. The molecule has 4 rings (SSSR count). The SMILES string of the molecule is COc1cc(NC(=O)c2c(-c3ccccc3C)c3ccccc3c(=O)n2C)cc(OC)c1OC. The fourth-order valence-corrected chi connectivity index (χ4v) is 4.20. The molecule has 0 bridgehead atoms. The van der Waals surface area contributed by atoms with E-state index in [1.54, 1.807) is 25.2 Å². The van der Waals surface area contributed by atoms with Crippen LogP contribution in [-0.4, -0.2) is 31.8 Å². The molecule has 0 aliphatic rings. The maximum Gasteiger partial charge on any atom is 0.273 e. The molecule has 0 atom stereocenters. The zero-order valence-corrected chi connectivity index (χ0v) is 19.8. The van der Waals surface area contributed by atoms with Gasteiger partial charge in [-0.05, 0) is 29.5 Å². The second-order valence-electron chi connectivity index (χ2n) is 7.82. The van der Waals surface area contributed by atoms with Crippen molar-refractivity contribution in [3.05, 3.63) is 82.3 Å². The molecule has 0 radical (unpaired) electrons. The molecule has 1 N–H and O–H groups in total. The number of hydrogen-bond acceptors (Lipinski definition) is 5. The maximum absolute atomic E-state index is 13.7. The Morgan fingerprint density at radius 3 is 2.03 bits per heavy atom. The van der Waals surface area contributed by atoms with E-state index < -0.39 is 5.91 Å². The zero-order chi connectivity index (χ0) is 24.4. The van der Waals surface area contributed by atoms with Crippen molar-refractivity contribution in [3.8, 4) is 28.4 Å². The first kappa shape index (κ1) is 22.9. The van der Waals surface area contributed by atoms with Gasteiger partial charge in [0.1, 0.15) is 5.69 Å². The third-order valence-electron chi connectivity index (χ3n) is 5.86. The van der Waals surface area contributed by atoms with Gasteiger partial charge < -0.3 is 24.1 Å². The van der Waals surface area contributed by atoms with Crippen molar-refractivity contribution in [2.45, 2.75) is 6.92 Å². The second-order valence-corrected chi connectivity index (χ2v) is 7.82. The van der Waals surface area contributed by atoms with Crippen LogP contribution in [0.4, 0.5) is 5.69 Å². The summed E-state index contributed by atoms with van der Waals surface area (Å²) in [6.45, 7) is 1.98. The number of ether oxygens (including phenoxy) is 3. The lowest BCUT2D eigenvalue weighted by atomic mass is 9.93. The molecule has 7 nitrogen and oxygen atoms in total. The Hall–Kier alpha value is -4.26. The summed E-state index contributed by atoms with van der Waals surface area (Å²) in [4.78, 5) is 26.9. The smallest absolute Gasteiger partial charge is 0.273 e. The van der Waals surface area contributed by atoms with E-state index in [1.165, 1.54) is 25.9 Å². The van der Waals surface area contributed by atoms with Gasteiger partial charge in [0.2, 0.25) is 5.75 Å². The number of amides is 1. The monoisotopic (exact) mass is 458 g/mol. The highest BCUT2D eigenvalue weighted by molar-refractivity contribution is 6.13. The van der Waals surface area contributed by atoms with E-state index in [2.05, 4.69) is 5.32 Å². The van der Waals surface area contributed by atoms with Gasteiger partial charge in [-0.1, -0.05) is 42.5 Å². The lowest BCUT2D eigenvalue weighted by molar-refractivity contribution is 0.101. The highest BCUT2D eigenvalue weighted by Gasteiger charge is 2.23. The summed E-state index contributed by atoms with van der Waals surface area (Å²) >= 11 is 0. The lowest BCUT2D eigenvalue weighted by Crippen LogP contribution is -2.28. The lowest BCUT2D eigenvalue weighted by Gasteiger charge is -2.19. The summed E-state index contributed by atoms with van der Waals surface area (Å²) in [5.41, 5.74) is 3.02. The molecule has 0 spiro atoms. The predicted molar refractivity (Wildman–Crippen MR) is 133 cm³/mol. The standard InChI is InChI=1S/C27H26N2O5/c1-16-10-6-7-11-18(16)23-19-12-8-9-13-20(19)27(31)29(2)24(23)26(30)28-17-14-21(32-3)25(34-5)22(15-17)33-4/h6-15H,1-5H3,(H,28,30). The van der Waals surface area contributed by atoms with Crippen molar-refractivity contribution < 1.29 is 19.0 Å². The van der Waals surface area contributed by atoms with Gasteiger partial charge in [-0.15, -0.1) is 0 Å². The molecule has 4 aromatic rings. The van der Waals surface area contributed by atoms with Crippen LogP contribution in [0, 0.1) is 6.92 Å². The predicted octanol–water partition coefficient (Wildman–Crippen LogP) is 4.79. The number of aryl methyl sites for hydroxylation is 1. The van der Waals surface area contributed by atoms with Crippen LogP contribution in [0.2, 0.25) is 0 Å². The van der Waals surface area contributed by atoms with Crippen molar-refractivity contribution in [2.75, 3.05) is 26.6 Å². The summed E-state index contributed by atoms with van der Waals surface area (Å²) < 4.78 is 17.6. The van der Waals surface area contributed by atoms with E-state index in [-0.39, 0.29) is 11.3 Å². The van der Waals surface area contributed by atoms with Crippen LogP contribution < -0.4 is 25.1 Å². The van der Waals surface area contributed by atoms with E-state index >= 15 is 0 Å². The van der Waals surface area contributed by atoms with Crippen molar-refractivity contribution in [2.24, 2.45) is 7.05 Å². The normalized spacial score (nSPS) is 10.7. The molecule has 34 heavy (non-hydrogen) atoms. The molecule has 174 valence electrons. The number of aromatic nitrogens is 1. The van der Waals surface area contributed by atoms with Crippen molar-refractivity contribution >= 4 is 22.4 Å². The number of hydrogen-bond donors (Lipinski definition) is 1. The Morgan fingerprint density at radius 2 is 1.44 bits per heavy atom. The number of nitrogens with zero attached hydrogens (tertiary/aromatic N) is 1. The molecule has 1 amide bonds. The summed E-state index contributed by atoms with van der Waals surface area (Å²) in [5.74, 6) is 0.798. The van der Waals surface area contributed by atoms with Gasteiger partial charge in [-0.25, -0.2) is 0 Å². The second kappa shape index (κ2) is 9.31. The van der Waals surface area contributed by atoms with Crippen LogP contribution in [0.5, 0.6) is 17.2 Å². The summed E-state index contributed by atoms with van der Waals surface area (Å²) in [6, 6.07) is 18.4. The molecule has 0 unspecified atom stereocenters. The van der Waals surface area contributed by atoms with Crippen LogP contribution in [0.15, 0.2) is 65.5 Å². The molecule has 7 heteroatoms. The number of methoxy groups -OCH3 is 3. The molecule has 0 aliphatic carbocycles. The van der Waals surface area contributed by atoms with Gasteiger partial charge in [-0.3, -0.25) is 9.59 Å². The Bertz CT molecular complexity index is 1430. The van der Waals surface area contributed by atoms with E-state index in [4.69, 9.17) is 14.2 Å². The largest absolute Gasteiger partial charge is 0.493 e. The molecule has 0 aliphatic heterocycles. The van der Waals surface area contributed by atoms with Crippen LogP contribution >= 0.6 is 0 Å². The molecular formula is C27H26N2O5. The third-order valence-corrected chi connectivity index (χ3v) is 5.86. The number of anilines is 1. The Labute approximate surface area is 197 Å². The molecule has 0 saturated heterocycles. The molecular weight excluding hydrogens is 432 g/mol. The highest BCUT2D eigenvalue weighted by atomic mass is 16.5. The minimum absolute atomic E-state index is 0.247. The summed E-state index contributed by atoms with van der Waals surface area (Å²) in [7, 11) is 6.14. The minimum atomic E-state index is -0.433. The Morgan fingerprint density at radius 1 is 0.853 bits per heavy atom. The van der Waals surface area contributed by atoms with Gasteiger partial charge in [-0.2, -0.15) is 0 Å². The highest BCUT2D eigenvalue weighted by Crippen LogP contribution is 2.40. The third kappa shape index (κ3) is 3.85. The zero-order valence-electron chi connectivity index (χ0n) is 19.8. The fraction of sp³-hybridized carbons (Fsp3) is 0.185. The number of pyridine rings is 1. The van der Waals surface area contributed by atoms with E-state index in [9.17, 15) is 9.59 Å². The van der Waals surface area contributed by atoms with Crippen molar-refractivity contribution in [1.82, 2.24) is 4.57 Å². The topological polar surface area (TPSA) is 78.8 Å². The van der Waals surface area contributed by atoms with E-state index in [1.807, 2.05) is 49.4 Å². The Kier molecular flexibility index (Phi) is 6.27. The molecule has 0 fully saturated rings. The van der Waals surface area contributed by atoms with Gasteiger partial charge in [0, 0.05) is 35.8 Å². The number of carbonyl (C=O) groups excluding carboxylic acids is 1. The number of benzene rings is 3. The van der Waals surface area contributed by atoms with Gasteiger partial charge >= 0.3 is 0 Å². The first-order valence-electron chi connectivity index (χ1n) is 10.7. The maximum atomic E-state index is 13.7. The van der Waals surface area contributed by atoms with Crippen LogP contribution in [0.1, 0.15) is 16.1 Å². The fourth-order valence-electron chi connectivity index (χ4n) is 4.20.